The first-order valence-electron chi connectivity index (χ1n) is 6.93. The number of sulfonamides is 1. The minimum absolute atomic E-state index is 0.106. The van der Waals surface area contributed by atoms with Crippen LogP contribution in [0.25, 0.3) is 0 Å². The van der Waals surface area contributed by atoms with Gasteiger partial charge in [0.2, 0.25) is 10.0 Å². The molecule has 20 heavy (non-hydrogen) atoms. The molecule has 2 rings (SSSR count). The van der Waals surface area contributed by atoms with Gasteiger partial charge in [-0.15, -0.1) is 0 Å². The predicted molar refractivity (Wildman–Crippen MR) is 78.1 cm³/mol. The van der Waals surface area contributed by atoms with E-state index in [0.29, 0.717) is 12.4 Å². The number of hydrogen-bond donors (Lipinski definition) is 1. The van der Waals surface area contributed by atoms with Crippen LogP contribution in [-0.2, 0) is 10.0 Å². The van der Waals surface area contributed by atoms with Gasteiger partial charge in [0.05, 0.1) is 4.90 Å². The summed E-state index contributed by atoms with van der Waals surface area (Å²) in [6, 6.07) is 6.21. The Balaban J connectivity index is 1.79. The molecule has 5 nitrogen and oxygen atoms in total. The second-order valence-corrected chi connectivity index (χ2v) is 6.97. The second kappa shape index (κ2) is 6.56. The lowest BCUT2D eigenvalue weighted by molar-refractivity contribution is 0.153. The van der Waals surface area contributed by atoms with E-state index in [4.69, 9.17) is 9.88 Å². The van der Waals surface area contributed by atoms with Gasteiger partial charge in [0, 0.05) is 13.1 Å². The Morgan fingerprint density at radius 3 is 2.65 bits per heavy atom. The third-order valence-corrected chi connectivity index (χ3v) is 4.50. The molecule has 1 atom stereocenters. The van der Waals surface area contributed by atoms with Crippen LogP contribution >= 0.6 is 0 Å². The minimum Gasteiger partial charge on any atom is -0.492 e. The Morgan fingerprint density at radius 1 is 1.35 bits per heavy atom. The fourth-order valence-corrected chi connectivity index (χ4v) is 3.02. The molecule has 0 unspecified atom stereocenters. The summed E-state index contributed by atoms with van der Waals surface area (Å²) in [4.78, 5) is 2.52. The van der Waals surface area contributed by atoms with Crippen LogP contribution in [0.4, 0.5) is 0 Å². The van der Waals surface area contributed by atoms with Crippen LogP contribution in [0.1, 0.15) is 19.8 Å². The Morgan fingerprint density at radius 2 is 2.05 bits per heavy atom. The largest absolute Gasteiger partial charge is 0.492 e. The number of likely N-dealkylation sites (tertiary alicyclic amines) is 1. The number of nitrogens with two attached hydrogens (primary N) is 1. The first-order valence-corrected chi connectivity index (χ1v) is 8.48. The third kappa shape index (κ3) is 4.47. The van der Waals surface area contributed by atoms with Crippen molar-refractivity contribution in [1.29, 1.82) is 0 Å². The van der Waals surface area contributed by atoms with E-state index in [1.54, 1.807) is 12.1 Å². The van der Waals surface area contributed by atoms with Crippen LogP contribution < -0.4 is 9.88 Å². The predicted octanol–water partition coefficient (Wildman–Crippen LogP) is 1.44. The number of piperidine rings is 1. The zero-order chi connectivity index (χ0) is 14.6. The molecule has 1 aliphatic heterocycles. The van der Waals surface area contributed by atoms with E-state index in [1.165, 1.54) is 25.0 Å². The van der Waals surface area contributed by atoms with Gasteiger partial charge in [-0.25, -0.2) is 13.6 Å². The molecule has 1 aliphatic rings. The lowest BCUT2D eigenvalue weighted by Gasteiger charge is -2.30. The number of ether oxygens (including phenoxy) is 1. The average molecular weight is 298 g/mol. The van der Waals surface area contributed by atoms with Gasteiger partial charge in [-0.1, -0.05) is 6.92 Å². The highest BCUT2D eigenvalue weighted by atomic mass is 32.2. The van der Waals surface area contributed by atoms with Gasteiger partial charge in [-0.2, -0.15) is 0 Å². The maximum Gasteiger partial charge on any atom is 0.238 e. The standard InChI is InChI=1S/C14H22N2O3S/c1-12-3-2-8-16(11-12)9-10-19-13-4-6-14(7-5-13)20(15,17)18/h4-7,12H,2-3,8-11H2,1H3,(H2,15,17,18)/t12-/m0/s1. The molecule has 1 saturated heterocycles. The van der Waals surface area contributed by atoms with E-state index in [0.717, 1.165) is 25.6 Å². The highest BCUT2D eigenvalue weighted by Crippen LogP contribution is 2.16. The summed E-state index contributed by atoms with van der Waals surface area (Å²) in [6.45, 7) is 6.06. The monoisotopic (exact) mass is 298 g/mol. The van der Waals surface area contributed by atoms with Crippen LogP contribution in [0.3, 0.4) is 0 Å². The summed E-state index contributed by atoms with van der Waals surface area (Å²) < 4.78 is 27.9. The lowest BCUT2D eigenvalue weighted by atomic mass is 10.0. The molecule has 0 saturated carbocycles. The quantitative estimate of drug-likeness (QED) is 0.893. The Labute approximate surface area is 120 Å². The van der Waals surface area contributed by atoms with Crippen molar-refractivity contribution in [3.05, 3.63) is 24.3 Å². The Bertz CT molecular complexity index is 528. The fourth-order valence-electron chi connectivity index (χ4n) is 2.51. The van der Waals surface area contributed by atoms with E-state index in [2.05, 4.69) is 11.8 Å². The molecule has 0 aliphatic carbocycles. The molecule has 0 bridgehead atoms. The van der Waals surface area contributed by atoms with Gasteiger partial charge in [-0.3, -0.25) is 4.90 Å². The van der Waals surface area contributed by atoms with Crippen LogP contribution in [0.5, 0.6) is 5.75 Å². The van der Waals surface area contributed by atoms with Crippen LogP contribution in [0.15, 0.2) is 29.2 Å². The van der Waals surface area contributed by atoms with Gasteiger partial charge < -0.3 is 4.74 Å². The van der Waals surface area contributed by atoms with E-state index in [1.807, 2.05) is 0 Å². The van der Waals surface area contributed by atoms with Crippen molar-refractivity contribution in [3.63, 3.8) is 0 Å². The third-order valence-electron chi connectivity index (χ3n) is 3.57. The Kier molecular flexibility index (Phi) is 5.01. The molecular weight excluding hydrogens is 276 g/mol. The highest BCUT2D eigenvalue weighted by Gasteiger charge is 2.15. The SMILES string of the molecule is C[C@H]1CCCN(CCOc2ccc(S(N)(=O)=O)cc2)C1. The highest BCUT2D eigenvalue weighted by molar-refractivity contribution is 7.89. The molecule has 2 N–H and O–H groups in total. The summed E-state index contributed by atoms with van der Waals surface area (Å²) in [6.07, 6.45) is 2.57. The molecule has 0 aromatic heterocycles. The van der Waals surface area contributed by atoms with Gasteiger partial charge >= 0.3 is 0 Å². The maximum absolute atomic E-state index is 11.1. The molecule has 6 heteroatoms. The van der Waals surface area contributed by atoms with Crippen molar-refractivity contribution in [2.45, 2.75) is 24.7 Å². The number of benzene rings is 1. The first kappa shape index (κ1) is 15.3. The number of rotatable bonds is 5. The summed E-state index contributed by atoms with van der Waals surface area (Å²) in [5, 5.41) is 5.04. The molecule has 0 spiro atoms. The van der Waals surface area contributed by atoms with E-state index in [9.17, 15) is 8.42 Å². The molecule has 1 aromatic carbocycles. The van der Waals surface area contributed by atoms with Crippen LogP contribution in [0, 0.1) is 5.92 Å². The topological polar surface area (TPSA) is 72.6 Å². The van der Waals surface area contributed by atoms with Gasteiger partial charge in [0.15, 0.2) is 0 Å². The van der Waals surface area contributed by atoms with Crippen LogP contribution in [0.2, 0.25) is 0 Å². The molecule has 1 fully saturated rings. The van der Waals surface area contributed by atoms with Gasteiger partial charge in [-0.05, 0) is 49.6 Å². The smallest absolute Gasteiger partial charge is 0.238 e. The summed E-state index contributed by atoms with van der Waals surface area (Å²) in [5.74, 6) is 1.43. The minimum atomic E-state index is -3.63. The number of primary sulfonamides is 1. The van der Waals surface area contributed by atoms with E-state index in [-0.39, 0.29) is 4.90 Å². The zero-order valence-corrected chi connectivity index (χ0v) is 12.6. The van der Waals surface area contributed by atoms with Crippen molar-refractivity contribution in [2.75, 3.05) is 26.2 Å². The van der Waals surface area contributed by atoms with Crippen molar-refractivity contribution in [2.24, 2.45) is 11.1 Å². The first-order chi connectivity index (χ1) is 9.45. The van der Waals surface area contributed by atoms with Crippen molar-refractivity contribution in [3.8, 4) is 5.75 Å². The maximum atomic E-state index is 11.1. The summed E-state index contributed by atoms with van der Waals surface area (Å²) in [5.41, 5.74) is 0. The van der Waals surface area contributed by atoms with Crippen molar-refractivity contribution >= 4 is 10.0 Å². The molecule has 1 heterocycles. The molecule has 1 aromatic rings. The Hall–Kier alpha value is -1.11. The summed E-state index contributed by atoms with van der Waals surface area (Å²) >= 11 is 0. The fraction of sp³-hybridized carbons (Fsp3) is 0.571. The molecule has 0 amide bonds. The summed E-state index contributed by atoms with van der Waals surface area (Å²) in [7, 11) is -3.63. The molecular formula is C14H22N2O3S. The van der Waals surface area contributed by atoms with Crippen LogP contribution in [-0.4, -0.2) is 39.6 Å². The van der Waals surface area contributed by atoms with E-state index < -0.39 is 10.0 Å². The normalized spacial score (nSPS) is 20.8. The van der Waals surface area contributed by atoms with Gasteiger partial charge in [0.25, 0.3) is 0 Å². The molecule has 0 radical (unpaired) electrons. The zero-order valence-electron chi connectivity index (χ0n) is 11.8. The molecule has 112 valence electrons. The van der Waals surface area contributed by atoms with E-state index >= 15 is 0 Å². The lowest BCUT2D eigenvalue weighted by Crippen LogP contribution is -2.37. The second-order valence-electron chi connectivity index (χ2n) is 5.41. The average Bonchev–Trinajstić information content (AvgIpc) is 2.38. The van der Waals surface area contributed by atoms with Crippen molar-refractivity contribution < 1.29 is 13.2 Å². The van der Waals surface area contributed by atoms with Gasteiger partial charge in [0.1, 0.15) is 12.4 Å². The van der Waals surface area contributed by atoms with Crippen molar-refractivity contribution in [1.82, 2.24) is 4.90 Å². The number of nitrogens with zero attached hydrogens (tertiary/aromatic N) is 1. The number of hydrogen-bond acceptors (Lipinski definition) is 4.